The van der Waals surface area contributed by atoms with Gasteiger partial charge in [0.2, 0.25) is 0 Å². The van der Waals surface area contributed by atoms with E-state index in [1.165, 1.54) is 44.6 Å². The fourth-order valence-electron chi connectivity index (χ4n) is 7.87. The number of thiazole rings is 2. The third-order valence-corrected chi connectivity index (χ3v) is 13.9. The number of aromatic amines is 1. The Morgan fingerprint density at radius 2 is 1.15 bits per heavy atom. The van der Waals surface area contributed by atoms with Gasteiger partial charge in [0, 0.05) is 48.7 Å². The normalized spacial score (nSPS) is 15.0. The Hall–Kier alpha value is -6.19. The average molecular weight is 1030 g/mol. The van der Waals surface area contributed by atoms with Crippen LogP contribution < -0.4 is 9.80 Å². The third-order valence-electron chi connectivity index (χ3n) is 11.3. The number of anilines is 2. The van der Waals surface area contributed by atoms with Gasteiger partial charge in [-0.3, -0.25) is 24.9 Å². The first kappa shape index (κ1) is 48.3. The number of pyridine rings is 2. The molecule has 68 heavy (non-hydrogen) atoms. The van der Waals surface area contributed by atoms with Gasteiger partial charge in [-0.25, -0.2) is 28.3 Å². The summed E-state index contributed by atoms with van der Waals surface area (Å²) in [6, 6.07) is 14.8. The smallest absolute Gasteiger partial charge is 0.416 e. The van der Waals surface area contributed by atoms with Crippen LogP contribution in [0.15, 0.2) is 89.4 Å². The molecule has 16 nitrogen and oxygen atoms in total. The number of rotatable bonds is 11. The maximum absolute atomic E-state index is 14.7. The van der Waals surface area contributed by atoms with Gasteiger partial charge in [-0.05, 0) is 138 Å². The van der Waals surface area contributed by atoms with E-state index in [-0.39, 0.29) is 24.7 Å². The van der Waals surface area contributed by atoms with Gasteiger partial charge >= 0.3 is 12.2 Å². The van der Waals surface area contributed by atoms with Crippen molar-refractivity contribution >= 4 is 62.4 Å². The molecule has 7 aromatic heterocycles. The Kier molecular flexibility index (Phi) is 14.1. The topological polar surface area (TPSA) is 191 Å². The number of H-pyrrole nitrogens is 1. The average Bonchev–Trinajstić information content (AvgIpc) is 4.07. The molecule has 0 aromatic carbocycles. The molecular formula is C47H49BrF2N12O4S2. The van der Waals surface area contributed by atoms with Crippen molar-refractivity contribution in [3.8, 4) is 32.0 Å². The first-order chi connectivity index (χ1) is 32.4. The van der Waals surface area contributed by atoms with E-state index in [2.05, 4.69) is 66.5 Å². The molecule has 2 saturated carbocycles. The van der Waals surface area contributed by atoms with E-state index in [0.29, 0.717) is 57.3 Å². The fraction of sp³-hybridized carbons (Fsp3) is 0.383. The Labute approximate surface area is 408 Å². The van der Waals surface area contributed by atoms with Crippen LogP contribution >= 0.6 is 38.6 Å². The summed E-state index contributed by atoms with van der Waals surface area (Å²) in [4.78, 5) is 47.6. The zero-order chi connectivity index (χ0) is 48.3. The molecule has 21 heteroatoms. The second-order valence-electron chi connectivity index (χ2n) is 18.6. The van der Waals surface area contributed by atoms with E-state index >= 15 is 0 Å². The molecule has 354 valence electrons. The maximum atomic E-state index is 14.7. The monoisotopic (exact) mass is 1030 g/mol. The number of carbonyl (C=O) groups excluding carboxylic acids is 2. The van der Waals surface area contributed by atoms with Crippen LogP contribution in [-0.2, 0) is 20.3 Å². The largest absolute Gasteiger partial charge is 0.443 e. The van der Waals surface area contributed by atoms with Gasteiger partial charge in [-0.1, -0.05) is 12.8 Å². The molecule has 0 saturated heterocycles. The van der Waals surface area contributed by atoms with Crippen LogP contribution in [0.25, 0.3) is 32.0 Å². The minimum absolute atomic E-state index is 0.186. The van der Waals surface area contributed by atoms with Crippen molar-refractivity contribution in [2.24, 2.45) is 0 Å². The summed E-state index contributed by atoms with van der Waals surface area (Å²) in [7, 11) is 0. The lowest BCUT2D eigenvalue weighted by Gasteiger charge is -2.44. The summed E-state index contributed by atoms with van der Waals surface area (Å²) in [5, 5.41) is 25.5. The highest BCUT2D eigenvalue weighted by Crippen LogP contribution is 2.46. The van der Waals surface area contributed by atoms with Gasteiger partial charge in [0.1, 0.15) is 44.2 Å². The quantitative estimate of drug-likeness (QED) is 0.129. The van der Waals surface area contributed by atoms with E-state index < -0.39 is 34.2 Å². The number of amides is 2. The molecule has 2 amide bonds. The van der Waals surface area contributed by atoms with Crippen LogP contribution in [0.5, 0.6) is 0 Å². The number of hydrogen-bond donors (Lipinski definition) is 1. The standard InChI is InChI=1S/C25H26FN7O2S.C22H23BrFN5O2S/c1-24(2,3)35-23(34)33(15-25(10-5-11-25)21-16(26)6-4-12-27-21)20-8-7-18(31-32-20)22-28-14-19(36-22)17-9-13-29-30-17;1-21(2,3)31-20(30)29(13-22(9-5-10-22)18-14(24)6-4-11-25-18)17-8-7-15(27-28-17)19-26-12-16(23)32-19/h4,6-9,12-14H,5,10-11,15H2,1-3H3,(H,29,30);4,6-8,11-12H,5,9-10,13H2,1-3H3. The molecule has 9 rings (SSSR count). The number of carbonyl (C=O) groups is 2. The molecule has 7 heterocycles. The highest BCUT2D eigenvalue weighted by molar-refractivity contribution is 9.11. The zero-order valence-electron chi connectivity index (χ0n) is 38.2. The second kappa shape index (κ2) is 19.8. The van der Waals surface area contributed by atoms with Gasteiger partial charge in [-0.2, -0.15) is 5.10 Å². The molecule has 2 aliphatic carbocycles. The molecule has 0 atom stereocenters. The third kappa shape index (κ3) is 11.1. The van der Waals surface area contributed by atoms with Crippen LogP contribution in [0.2, 0.25) is 0 Å². The molecule has 0 bridgehead atoms. The van der Waals surface area contributed by atoms with Gasteiger partial charge in [0.05, 0.1) is 31.9 Å². The highest BCUT2D eigenvalue weighted by atomic mass is 79.9. The summed E-state index contributed by atoms with van der Waals surface area (Å²) >= 11 is 6.28. The van der Waals surface area contributed by atoms with Gasteiger partial charge in [0.15, 0.2) is 11.6 Å². The number of nitrogens with one attached hydrogen (secondary N) is 1. The van der Waals surface area contributed by atoms with Crippen molar-refractivity contribution in [3.05, 3.63) is 112 Å². The molecule has 1 N–H and O–H groups in total. The lowest BCUT2D eigenvalue weighted by atomic mass is 9.66. The SMILES string of the molecule is CC(C)(C)OC(=O)N(CC1(c2ncccc2F)CCC1)c1ccc(-c2ncc(-c3ccn[nH]3)s2)nn1.CC(C)(C)OC(=O)N(CC1(c2ncccc2F)CCC1)c1ccc(-c2ncc(Br)s2)nn1. The predicted octanol–water partition coefficient (Wildman–Crippen LogP) is 11.1. The summed E-state index contributed by atoms with van der Waals surface area (Å²) in [6.45, 7) is 11.2. The highest BCUT2D eigenvalue weighted by Gasteiger charge is 2.47. The Balaban J connectivity index is 0.000000185. The molecule has 2 aliphatic rings. The van der Waals surface area contributed by atoms with Crippen molar-refractivity contribution < 1.29 is 27.8 Å². The van der Waals surface area contributed by atoms with Crippen molar-refractivity contribution in [3.63, 3.8) is 0 Å². The molecule has 0 aliphatic heterocycles. The van der Waals surface area contributed by atoms with Crippen molar-refractivity contribution in [1.29, 1.82) is 0 Å². The first-order valence-corrected chi connectivity index (χ1v) is 24.3. The minimum Gasteiger partial charge on any atom is -0.443 e. The summed E-state index contributed by atoms with van der Waals surface area (Å²) in [6.07, 6.45) is 11.9. The van der Waals surface area contributed by atoms with Crippen molar-refractivity contribution in [2.75, 3.05) is 22.9 Å². The summed E-state index contributed by atoms with van der Waals surface area (Å²) in [5.41, 5.74) is 0.164. The van der Waals surface area contributed by atoms with Crippen LogP contribution in [0.3, 0.4) is 0 Å². The van der Waals surface area contributed by atoms with E-state index in [0.717, 1.165) is 40.0 Å². The lowest BCUT2D eigenvalue weighted by molar-refractivity contribution is 0.0547. The van der Waals surface area contributed by atoms with E-state index in [9.17, 15) is 18.4 Å². The molecule has 7 aromatic rings. The Morgan fingerprint density at radius 3 is 1.51 bits per heavy atom. The number of aromatic nitrogens is 10. The molecule has 2 fully saturated rings. The number of nitrogens with zero attached hydrogens (tertiary/aromatic N) is 11. The number of hydrogen-bond acceptors (Lipinski definition) is 15. The van der Waals surface area contributed by atoms with Crippen LogP contribution in [-0.4, -0.2) is 87.0 Å². The van der Waals surface area contributed by atoms with E-state index in [4.69, 9.17) is 9.47 Å². The van der Waals surface area contributed by atoms with Gasteiger partial charge in [0.25, 0.3) is 0 Å². The lowest BCUT2D eigenvalue weighted by Crippen LogP contribution is -2.50. The fourth-order valence-corrected chi connectivity index (χ4v) is 9.89. The maximum Gasteiger partial charge on any atom is 0.416 e. The van der Waals surface area contributed by atoms with Crippen molar-refractivity contribution in [2.45, 2.75) is 102 Å². The summed E-state index contributed by atoms with van der Waals surface area (Å²) in [5.74, 6) is -0.0890. The minimum atomic E-state index is -0.713. The van der Waals surface area contributed by atoms with E-state index in [1.54, 1.807) is 109 Å². The Bertz CT molecular complexity index is 2840. The second-order valence-corrected chi connectivity index (χ2v) is 22.0. The molecule has 0 unspecified atom stereocenters. The number of ether oxygens (including phenoxy) is 2. The van der Waals surface area contributed by atoms with Crippen LogP contribution in [0.1, 0.15) is 91.5 Å². The van der Waals surface area contributed by atoms with Crippen LogP contribution in [0.4, 0.5) is 30.0 Å². The van der Waals surface area contributed by atoms with Gasteiger partial charge < -0.3 is 9.47 Å². The molecule has 0 radical (unpaired) electrons. The predicted molar refractivity (Wildman–Crippen MR) is 258 cm³/mol. The van der Waals surface area contributed by atoms with E-state index in [1.807, 2.05) is 6.07 Å². The zero-order valence-corrected chi connectivity index (χ0v) is 41.5. The molecular weight excluding hydrogens is 979 g/mol. The molecule has 0 spiro atoms. The Morgan fingerprint density at radius 1 is 0.662 bits per heavy atom. The van der Waals surface area contributed by atoms with Crippen LogP contribution in [0, 0.1) is 11.6 Å². The first-order valence-electron chi connectivity index (χ1n) is 21.9. The van der Waals surface area contributed by atoms with Gasteiger partial charge in [-0.15, -0.1) is 43.1 Å². The summed E-state index contributed by atoms with van der Waals surface area (Å²) < 4.78 is 41.6. The van der Waals surface area contributed by atoms with Crippen molar-refractivity contribution in [1.82, 2.24) is 50.5 Å². The number of halogens is 3.